The molecule has 0 saturated heterocycles. The molecule has 82 valence electrons. The van der Waals surface area contributed by atoms with Crippen molar-refractivity contribution in [3.63, 3.8) is 0 Å². The molecule has 0 radical (unpaired) electrons. The molecule has 1 aromatic carbocycles. The van der Waals surface area contributed by atoms with E-state index in [2.05, 4.69) is 0 Å². The molecule has 0 unspecified atom stereocenters. The van der Waals surface area contributed by atoms with E-state index < -0.39 is 27.6 Å². The summed E-state index contributed by atoms with van der Waals surface area (Å²) in [6.45, 7) is 0. The zero-order valence-electron chi connectivity index (χ0n) is 6.83. The molecule has 0 aromatic heterocycles. The van der Waals surface area contributed by atoms with E-state index in [4.69, 9.17) is 34.8 Å². The lowest BCUT2D eigenvalue weighted by Crippen LogP contribution is -2.11. The Morgan fingerprint density at radius 3 is 2.13 bits per heavy atom. The lowest BCUT2D eigenvalue weighted by atomic mass is 10.1. The highest BCUT2D eigenvalue weighted by Crippen LogP contribution is 2.39. The van der Waals surface area contributed by atoms with Gasteiger partial charge in [0.15, 0.2) is 0 Å². The van der Waals surface area contributed by atoms with Gasteiger partial charge in [-0.1, -0.05) is 23.2 Å². The first kappa shape index (κ1) is 12.6. The minimum atomic E-state index is -4.75. The molecule has 1 aromatic rings. The fourth-order valence-electron chi connectivity index (χ4n) is 1.02. The van der Waals surface area contributed by atoms with Crippen LogP contribution >= 0.6 is 34.8 Å². The van der Waals surface area contributed by atoms with Gasteiger partial charge in [-0.3, -0.25) is 4.79 Å². The second kappa shape index (κ2) is 4.20. The molecule has 1 nitrogen and oxygen atoms in total. The van der Waals surface area contributed by atoms with E-state index in [1.165, 1.54) is 0 Å². The number of rotatable bonds is 1. The molecule has 0 bridgehead atoms. The minimum absolute atomic E-state index is 0.0861. The highest BCUT2D eigenvalue weighted by Gasteiger charge is 2.37. The van der Waals surface area contributed by atoms with Crippen molar-refractivity contribution in [3.8, 4) is 0 Å². The summed E-state index contributed by atoms with van der Waals surface area (Å²) < 4.78 is 37.4. The fourth-order valence-corrected chi connectivity index (χ4v) is 1.77. The van der Waals surface area contributed by atoms with Crippen LogP contribution in [0.2, 0.25) is 10.0 Å². The molecule has 0 aliphatic carbocycles. The first-order valence-electron chi connectivity index (χ1n) is 3.49. The Bertz CT molecular complexity index is 414. The third-order valence-electron chi connectivity index (χ3n) is 1.55. The lowest BCUT2D eigenvalue weighted by molar-refractivity contribution is -0.137. The first-order valence-corrected chi connectivity index (χ1v) is 4.63. The van der Waals surface area contributed by atoms with Crippen molar-refractivity contribution in [3.05, 3.63) is 33.3 Å². The fraction of sp³-hybridized carbons (Fsp3) is 0.125. The maximum atomic E-state index is 12.5. The zero-order valence-corrected chi connectivity index (χ0v) is 9.10. The van der Waals surface area contributed by atoms with Crippen molar-refractivity contribution in [2.45, 2.75) is 6.18 Å². The third-order valence-corrected chi connectivity index (χ3v) is 2.27. The van der Waals surface area contributed by atoms with Gasteiger partial charge in [-0.15, -0.1) is 0 Å². The van der Waals surface area contributed by atoms with Crippen LogP contribution in [0.1, 0.15) is 15.9 Å². The average molecular weight is 277 g/mol. The summed E-state index contributed by atoms with van der Waals surface area (Å²) in [6, 6.07) is 1.72. The van der Waals surface area contributed by atoms with Gasteiger partial charge in [0.05, 0.1) is 10.6 Å². The molecular formula is C8H2Cl3F3O. The van der Waals surface area contributed by atoms with Crippen molar-refractivity contribution in [1.29, 1.82) is 0 Å². The van der Waals surface area contributed by atoms with Gasteiger partial charge < -0.3 is 0 Å². The van der Waals surface area contributed by atoms with E-state index >= 15 is 0 Å². The second-order valence-electron chi connectivity index (χ2n) is 2.58. The molecule has 7 heteroatoms. The van der Waals surface area contributed by atoms with Gasteiger partial charge in [0.25, 0.3) is 5.24 Å². The molecule has 0 aliphatic rings. The van der Waals surface area contributed by atoms with E-state index in [-0.39, 0.29) is 5.02 Å². The highest BCUT2D eigenvalue weighted by atomic mass is 35.5. The Labute approximate surface area is 97.7 Å². The molecule has 0 heterocycles. The molecule has 0 aliphatic heterocycles. The summed E-state index contributed by atoms with van der Waals surface area (Å²) in [5, 5.41) is -2.00. The Morgan fingerprint density at radius 2 is 1.73 bits per heavy atom. The Hall–Kier alpha value is -0.450. The summed E-state index contributed by atoms with van der Waals surface area (Å²) in [5.74, 6) is 0. The minimum Gasteiger partial charge on any atom is -0.276 e. The van der Waals surface area contributed by atoms with Crippen molar-refractivity contribution in [1.82, 2.24) is 0 Å². The van der Waals surface area contributed by atoms with Crippen LogP contribution in [0.4, 0.5) is 13.2 Å². The van der Waals surface area contributed by atoms with Gasteiger partial charge in [-0.25, -0.2) is 0 Å². The quantitative estimate of drug-likeness (QED) is 0.696. The first-order chi connectivity index (χ1) is 6.73. The maximum absolute atomic E-state index is 12.5. The van der Waals surface area contributed by atoms with Crippen LogP contribution in [-0.4, -0.2) is 5.24 Å². The summed E-state index contributed by atoms with van der Waals surface area (Å²) >= 11 is 15.8. The van der Waals surface area contributed by atoms with Crippen LogP contribution in [-0.2, 0) is 6.18 Å². The van der Waals surface area contributed by atoms with Crippen molar-refractivity contribution in [2.24, 2.45) is 0 Å². The summed E-state index contributed by atoms with van der Waals surface area (Å²) in [5.41, 5.74) is -2.02. The predicted molar refractivity (Wildman–Crippen MR) is 51.6 cm³/mol. The van der Waals surface area contributed by atoms with Gasteiger partial charge in [0, 0.05) is 10.6 Å². The van der Waals surface area contributed by atoms with Crippen LogP contribution in [0.3, 0.4) is 0 Å². The van der Waals surface area contributed by atoms with E-state index in [1.54, 1.807) is 0 Å². The highest BCUT2D eigenvalue weighted by molar-refractivity contribution is 6.68. The Kier molecular flexibility index (Phi) is 3.53. The van der Waals surface area contributed by atoms with Gasteiger partial charge in [-0.2, -0.15) is 13.2 Å². The smallest absolute Gasteiger partial charge is 0.276 e. The van der Waals surface area contributed by atoms with Crippen LogP contribution in [0.15, 0.2) is 12.1 Å². The molecular weight excluding hydrogens is 275 g/mol. The molecule has 15 heavy (non-hydrogen) atoms. The van der Waals surface area contributed by atoms with Gasteiger partial charge >= 0.3 is 6.18 Å². The van der Waals surface area contributed by atoms with Crippen molar-refractivity contribution < 1.29 is 18.0 Å². The molecule has 0 atom stereocenters. The molecule has 0 saturated carbocycles. The van der Waals surface area contributed by atoms with E-state index in [0.29, 0.717) is 0 Å². The Balaban J connectivity index is 3.55. The number of benzene rings is 1. The number of carbonyl (C=O) groups is 1. The number of hydrogen-bond acceptors (Lipinski definition) is 1. The average Bonchev–Trinajstić information content (AvgIpc) is 1.99. The largest absolute Gasteiger partial charge is 0.418 e. The standard InChI is InChI=1S/C8H2Cl3F3O/c9-3-1-4(7(11)15)6(5(10)2-3)8(12,13)14/h1-2H. The summed E-state index contributed by atoms with van der Waals surface area (Å²) in [4.78, 5) is 10.8. The van der Waals surface area contributed by atoms with Crippen molar-refractivity contribution in [2.75, 3.05) is 0 Å². The number of alkyl halides is 3. The van der Waals surface area contributed by atoms with Gasteiger partial charge in [-0.05, 0) is 23.7 Å². The third kappa shape index (κ3) is 2.77. The molecule has 0 amide bonds. The number of hydrogen-bond donors (Lipinski definition) is 0. The number of halogens is 6. The Morgan fingerprint density at radius 1 is 1.20 bits per heavy atom. The molecule has 0 fully saturated rings. The van der Waals surface area contributed by atoms with E-state index in [9.17, 15) is 18.0 Å². The molecule has 1 rings (SSSR count). The normalized spacial score (nSPS) is 11.6. The van der Waals surface area contributed by atoms with Crippen molar-refractivity contribution >= 4 is 40.0 Å². The SMILES string of the molecule is O=C(Cl)c1cc(Cl)cc(Cl)c1C(F)(F)F. The maximum Gasteiger partial charge on any atom is 0.418 e. The predicted octanol–water partition coefficient (Wildman–Crippen LogP) is 4.39. The van der Waals surface area contributed by atoms with Crippen LogP contribution in [0, 0.1) is 0 Å². The van der Waals surface area contributed by atoms with E-state index in [1.807, 2.05) is 0 Å². The van der Waals surface area contributed by atoms with Crippen LogP contribution in [0.25, 0.3) is 0 Å². The monoisotopic (exact) mass is 276 g/mol. The summed E-state index contributed by atoms with van der Waals surface area (Å²) in [7, 11) is 0. The second-order valence-corrected chi connectivity index (χ2v) is 3.77. The van der Waals surface area contributed by atoms with Gasteiger partial charge in [0.2, 0.25) is 0 Å². The van der Waals surface area contributed by atoms with Gasteiger partial charge in [0.1, 0.15) is 0 Å². The van der Waals surface area contributed by atoms with E-state index in [0.717, 1.165) is 12.1 Å². The lowest BCUT2D eigenvalue weighted by Gasteiger charge is -2.12. The van der Waals surface area contributed by atoms with Crippen LogP contribution in [0.5, 0.6) is 0 Å². The zero-order chi connectivity index (χ0) is 11.8. The number of carbonyl (C=O) groups excluding carboxylic acids is 1. The summed E-state index contributed by atoms with van der Waals surface area (Å²) in [6.07, 6.45) is -4.75. The van der Waals surface area contributed by atoms with Crippen LogP contribution < -0.4 is 0 Å². The molecule has 0 spiro atoms. The topological polar surface area (TPSA) is 17.1 Å². The molecule has 0 N–H and O–H groups in total.